The third-order valence-electron chi connectivity index (χ3n) is 3.46. The first kappa shape index (κ1) is 18.7. The van der Waals surface area contributed by atoms with Crippen LogP contribution in [-0.4, -0.2) is 45.3 Å². The maximum Gasteiger partial charge on any atom is 0.435 e. The second-order valence-corrected chi connectivity index (χ2v) is 7.47. The minimum Gasteiger partial charge on any atom is -0.464 e. The Labute approximate surface area is 158 Å². The van der Waals surface area contributed by atoms with Crippen LogP contribution in [0.2, 0.25) is 0 Å². The number of thiazole rings is 1. The highest BCUT2D eigenvalue weighted by Gasteiger charge is 2.26. The summed E-state index contributed by atoms with van der Waals surface area (Å²) in [6, 6.07) is 6.83. The van der Waals surface area contributed by atoms with Gasteiger partial charge in [0.25, 0.3) is 0 Å². The Morgan fingerprint density at radius 3 is 2.52 bits per heavy atom. The van der Waals surface area contributed by atoms with Gasteiger partial charge in [0.05, 0.1) is 12.6 Å². The molecule has 3 aromatic rings. The number of rotatable bonds is 3. The van der Waals surface area contributed by atoms with Crippen molar-refractivity contribution in [2.75, 3.05) is 7.11 Å². The number of carbonyl (C=O) groups excluding carboxylic acids is 3. The number of hydrogen-bond donors (Lipinski definition) is 0. The quantitative estimate of drug-likeness (QED) is 0.502. The van der Waals surface area contributed by atoms with Crippen molar-refractivity contribution < 1.29 is 23.9 Å². The predicted molar refractivity (Wildman–Crippen MR) is 98.3 cm³/mol. The highest BCUT2D eigenvalue weighted by atomic mass is 32.1. The Hall–Kier alpha value is -3.07. The molecule has 0 amide bonds. The van der Waals surface area contributed by atoms with Crippen molar-refractivity contribution in [3.05, 3.63) is 46.0 Å². The van der Waals surface area contributed by atoms with Crippen molar-refractivity contribution in [2.24, 2.45) is 0 Å². The highest BCUT2D eigenvalue weighted by molar-refractivity contribution is 7.12. The van der Waals surface area contributed by atoms with Crippen LogP contribution in [0.3, 0.4) is 0 Å². The average Bonchev–Trinajstić information content (AvgIpc) is 3.24. The molecule has 0 aliphatic heterocycles. The van der Waals surface area contributed by atoms with Crippen LogP contribution in [0.25, 0.3) is 10.9 Å². The molecule has 0 spiro atoms. The van der Waals surface area contributed by atoms with Crippen molar-refractivity contribution in [2.45, 2.75) is 26.4 Å². The predicted octanol–water partition coefficient (Wildman–Crippen LogP) is 3.29. The largest absolute Gasteiger partial charge is 0.464 e. The van der Waals surface area contributed by atoms with Crippen LogP contribution in [0.4, 0.5) is 4.79 Å². The van der Waals surface area contributed by atoms with Crippen LogP contribution >= 0.6 is 11.3 Å². The second kappa shape index (κ2) is 6.92. The molecule has 8 nitrogen and oxygen atoms in total. The van der Waals surface area contributed by atoms with Gasteiger partial charge in [-0.2, -0.15) is 9.78 Å². The van der Waals surface area contributed by atoms with Gasteiger partial charge in [0.2, 0.25) is 5.78 Å². The summed E-state index contributed by atoms with van der Waals surface area (Å²) in [5.74, 6) is -1.12. The van der Waals surface area contributed by atoms with E-state index in [4.69, 9.17) is 4.74 Å². The van der Waals surface area contributed by atoms with Gasteiger partial charge in [0.15, 0.2) is 10.7 Å². The first-order valence-corrected chi connectivity index (χ1v) is 8.89. The Morgan fingerprint density at radius 1 is 1.15 bits per heavy atom. The van der Waals surface area contributed by atoms with E-state index in [9.17, 15) is 14.4 Å². The summed E-state index contributed by atoms with van der Waals surface area (Å²) in [6.07, 6.45) is -0.688. The zero-order valence-electron chi connectivity index (χ0n) is 15.2. The second-order valence-electron chi connectivity index (χ2n) is 6.62. The van der Waals surface area contributed by atoms with E-state index in [1.165, 1.54) is 12.5 Å². The third-order valence-corrected chi connectivity index (χ3v) is 4.30. The molecule has 1 aromatic carbocycles. The fourth-order valence-corrected chi connectivity index (χ4v) is 3.08. The number of ketones is 1. The molecule has 27 heavy (non-hydrogen) atoms. The molecule has 0 aliphatic carbocycles. The summed E-state index contributed by atoms with van der Waals surface area (Å²) in [4.78, 5) is 40.9. The Kier molecular flexibility index (Phi) is 4.79. The molecule has 0 radical (unpaired) electrons. The molecule has 0 atom stereocenters. The number of benzene rings is 1. The van der Waals surface area contributed by atoms with E-state index in [1.54, 1.807) is 45.0 Å². The van der Waals surface area contributed by atoms with Crippen molar-refractivity contribution in [3.63, 3.8) is 0 Å². The number of para-hydroxylation sites is 1. The molecule has 0 saturated carbocycles. The molecule has 140 valence electrons. The third kappa shape index (κ3) is 3.72. The molecule has 0 fully saturated rings. The highest BCUT2D eigenvalue weighted by Crippen LogP contribution is 2.24. The van der Waals surface area contributed by atoms with Crippen LogP contribution in [0.5, 0.6) is 0 Å². The number of esters is 1. The van der Waals surface area contributed by atoms with Gasteiger partial charge in [0, 0.05) is 10.8 Å². The lowest BCUT2D eigenvalue weighted by molar-refractivity contribution is 0.0521. The standard InChI is InChI=1S/C18H17N3O5S/c1-18(2,3)26-17(24)21-12-8-6-5-7-10(12)13(20-21)14(22)15-19-11(9-27-15)16(23)25-4/h5-9H,1-4H3. The monoisotopic (exact) mass is 387 g/mol. The molecule has 0 bridgehead atoms. The van der Waals surface area contributed by atoms with Gasteiger partial charge >= 0.3 is 12.1 Å². The Morgan fingerprint density at radius 2 is 1.85 bits per heavy atom. The summed E-state index contributed by atoms with van der Waals surface area (Å²) in [6.45, 7) is 5.23. The number of aromatic nitrogens is 3. The molecule has 2 aromatic heterocycles. The molecular weight excluding hydrogens is 370 g/mol. The maximum atomic E-state index is 12.9. The molecule has 0 aliphatic rings. The molecule has 0 unspecified atom stereocenters. The number of methoxy groups -OCH3 is 1. The van der Waals surface area contributed by atoms with Gasteiger partial charge in [-0.15, -0.1) is 11.3 Å². The van der Waals surface area contributed by atoms with E-state index < -0.39 is 23.4 Å². The number of nitrogens with zero attached hydrogens (tertiary/aromatic N) is 3. The SMILES string of the molecule is COC(=O)c1csc(C(=O)c2nn(C(=O)OC(C)(C)C)c3ccccc23)n1. The van der Waals surface area contributed by atoms with Gasteiger partial charge in [-0.1, -0.05) is 18.2 Å². The van der Waals surface area contributed by atoms with Crippen LogP contribution in [0.15, 0.2) is 29.6 Å². The van der Waals surface area contributed by atoms with Gasteiger partial charge in [-0.25, -0.2) is 14.6 Å². The first-order valence-electron chi connectivity index (χ1n) is 8.01. The molecule has 9 heteroatoms. The minimum atomic E-state index is -0.709. The van der Waals surface area contributed by atoms with Crippen LogP contribution in [-0.2, 0) is 9.47 Å². The maximum absolute atomic E-state index is 12.9. The number of ether oxygens (including phenoxy) is 2. The molecule has 2 heterocycles. The van der Waals surface area contributed by atoms with Crippen molar-refractivity contribution in [1.29, 1.82) is 0 Å². The van der Waals surface area contributed by atoms with E-state index in [-0.39, 0.29) is 16.4 Å². The fraction of sp³-hybridized carbons (Fsp3) is 0.278. The molecule has 0 N–H and O–H groups in total. The van der Waals surface area contributed by atoms with Crippen molar-refractivity contribution >= 4 is 40.1 Å². The summed E-state index contributed by atoms with van der Waals surface area (Å²) in [7, 11) is 1.24. The number of fused-ring (bicyclic) bond motifs is 1. The van der Waals surface area contributed by atoms with Crippen molar-refractivity contribution in [3.8, 4) is 0 Å². The van der Waals surface area contributed by atoms with Crippen LogP contribution < -0.4 is 0 Å². The Bertz CT molecular complexity index is 1040. The van der Waals surface area contributed by atoms with Crippen molar-refractivity contribution in [1.82, 2.24) is 14.8 Å². The van der Waals surface area contributed by atoms with E-state index in [1.807, 2.05) is 0 Å². The van der Waals surface area contributed by atoms with E-state index in [0.717, 1.165) is 16.0 Å². The Balaban J connectivity index is 2.04. The molecule has 3 rings (SSSR count). The molecule has 0 saturated heterocycles. The van der Waals surface area contributed by atoms with E-state index in [0.29, 0.717) is 10.9 Å². The first-order chi connectivity index (χ1) is 12.7. The average molecular weight is 387 g/mol. The van der Waals surface area contributed by atoms with E-state index in [2.05, 4.69) is 14.8 Å². The molecular formula is C18H17N3O5S. The zero-order chi connectivity index (χ0) is 19.8. The lowest BCUT2D eigenvalue weighted by Gasteiger charge is -2.19. The van der Waals surface area contributed by atoms with Gasteiger partial charge in [0.1, 0.15) is 11.3 Å². The zero-order valence-corrected chi connectivity index (χ0v) is 16.0. The minimum absolute atomic E-state index is 0.0433. The topological polar surface area (TPSA) is 100 Å². The smallest absolute Gasteiger partial charge is 0.435 e. The van der Waals surface area contributed by atoms with Gasteiger partial charge in [-0.05, 0) is 26.8 Å². The normalized spacial score (nSPS) is 11.4. The van der Waals surface area contributed by atoms with E-state index >= 15 is 0 Å². The summed E-state index contributed by atoms with van der Waals surface area (Å²) < 4.78 is 11.0. The summed E-state index contributed by atoms with van der Waals surface area (Å²) in [5, 5.41) is 6.17. The lowest BCUT2D eigenvalue weighted by atomic mass is 10.1. The number of hydrogen-bond acceptors (Lipinski definition) is 8. The van der Waals surface area contributed by atoms with Crippen LogP contribution in [0, 0.1) is 0 Å². The van der Waals surface area contributed by atoms with Gasteiger partial charge in [-0.3, -0.25) is 4.79 Å². The van der Waals surface area contributed by atoms with Gasteiger partial charge < -0.3 is 9.47 Å². The van der Waals surface area contributed by atoms with Crippen LogP contribution in [0.1, 0.15) is 46.8 Å². The number of carbonyl (C=O) groups is 3. The summed E-state index contributed by atoms with van der Waals surface area (Å²) in [5.41, 5.74) is -0.164. The lowest BCUT2D eigenvalue weighted by Crippen LogP contribution is -2.27. The fourth-order valence-electron chi connectivity index (χ4n) is 2.36. The summed E-state index contributed by atoms with van der Waals surface area (Å²) >= 11 is 1.01.